The molecule has 0 radical (unpaired) electrons. The molecule has 2 aromatic rings. The lowest BCUT2D eigenvalue weighted by atomic mass is 9.94. The van der Waals surface area contributed by atoms with Crippen LogP contribution in [0.1, 0.15) is 42.9 Å². The van der Waals surface area contributed by atoms with Gasteiger partial charge < -0.3 is 9.80 Å². The topological polar surface area (TPSA) is 53.5 Å². The highest BCUT2D eigenvalue weighted by atomic mass is 16.2. The Morgan fingerprint density at radius 1 is 1.11 bits per heavy atom. The Morgan fingerprint density at radius 2 is 1.96 bits per heavy atom. The van der Waals surface area contributed by atoms with Gasteiger partial charge in [-0.25, -0.2) is 0 Å². The van der Waals surface area contributed by atoms with Gasteiger partial charge >= 0.3 is 0 Å². The summed E-state index contributed by atoms with van der Waals surface area (Å²) in [6, 6.07) is 14.3. The number of likely N-dealkylation sites (tertiary alicyclic amines) is 2. The van der Waals surface area contributed by atoms with Gasteiger partial charge in [0, 0.05) is 38.4 Å². The first kappa shape index (κ1) is 18.7. The van der Waals surface area contributed by atoms with E-state index >= 15 is 0 Å². The van der Waals surface area contributed by atoms with E-state index in [1.165, 1.54) is 5.56 Å². The molecule has 28 heavy (non-hydrogen) atoms. The molecule has 4 rings (SSSR count). The second-order valence-electron chi connectivity index (χ2n) is 7.81. The molecule has 2 aliphatic rings. The van der Waals surface area contributed by atoms with Crippen LogP contribution < -0.4 is 0 Å². The van der Waals surface area contributed by atoms with Crippen molar-refractivity contribution in [3.63, 3.8) is 0 Å². The quantitative estimate of drug-likeness (QED) is 0.804. The van der Waals surface area contributed by atoms with Crippen LogP contribution in [0, 0.1) is 5.92 Å². The second-order valence-corrected chi connectivity index (χ2v) is 7.81. The summed E-state index contributed by atoms with van der Waals surface area (Å²) in [5.41, 5.74) is 2.32. The van der Waals surface area contributed by atoms with Crippen molar-refractivity contribution in [1.29, 1.82) is 0 Å². The molecule has 2 amide bonds. The predicted octanol–water partition coefficient (Wildman–Crippen LogP) is 3.23. The van der Waals surface area contributed by atoms with Crippen molar-refractivity contribution in [2.24, 2.45) is 5.92 Å². The van der Waals surface area contributed by atoms with E-state index in [-0.39, 0.29) is 23.8 Å². The van der Waals surface area contributed by atoms with Gasteiger partial charge in [-0.2, -0.15) is 0 Å². The van der Waals surface area contributed by atoms with E-state index in [9.17, 15) is 9.59 Å². The number of carbonyl (C=O) groups is 2. The first-order chi connectivity index (χ1) is 13.7. The third-order valence-electron chi connectivity index (χ3n) is 5.93. The molecule has 0 bridgehead atoms. The number of aromatic nitrogens is 1. The SMILES string of the molecule is O=C1C[C@@H](C(=O)N2CCCC[C@H]2c2cccnc2)CN1CCc1ccccc1. The molecule has 3 heterocycles. The maximum Gasteiger partial charge on any atom is 0.228 e. The molecule has 0 saturated carbocycles. The summed E-state index contributed by atoms with van der Waals surface area (Å²) in [5, 5.41) is 0. The van der Waals surface area contributed by atoms with Gasteiger partial charge in [-0.05, 0) is 42.9 Å². The van der Waals surface area contributed by atoms with E-state index in [0.717, 1.165) is 37.8 Å². The summed E-state index contributed by atoms with van der Waals surface area (Å²) in [5.74, 6) is 0.00822. The van der Waals surface area contributed by atoms with Crippen molar-refractivity contribution in [2.75, 3.05) is 19.6 Å². The van der Waals surface area contributed by atoms with Crippen LogP contribution in [0.3, 0.4) is 0 Å². The number of pyridine rings is 1. The number of piperidine rings is 1. The number of carbonyl (C=O) groups excluding carboxylic acids is 2. The second kappa shape index (κ2) is 8.55. The van der Waals surface area contributed by atoms with Crippen molar-refractivity contribution in [3.8, 4) is 0 Å². The molecule has 1 aromatic carbocycles. The van der Waals surface area contributed by atoms with Crippen LogP contribution in [0.25, 0.3) is 0 Å². The number of amides is 2. The van der Waals surface area contributed by atoms with Crippen molar-refractivity contribution < 1.29 is 9.59 Å². The van der Waals surface area contributed by atoms with E-state index in [0.29, 0.717) is 19.5 Å². The average molecular weight is 377 g/mol. The van der Waals surface area contributed by atoms with Crippen molar-refractivity contribution in [1.82, 2.24) is 14.8 Å². The summed E-state index contributed by atoms with van der Waals surface area (Å²) >= 11 is 0. The van der Waals surface area contributed by atoms with Gasteiger partial charge in [-0.15, -0.1) is 0 Å². The molecule has 5 nitrogen and oxygen atoms in total. The van der Waals surface area contributed by atoms with E-state index in [2.05, 4.69) is 23.2 Å². The van der Waals surface area contributed by atoms with E-state index < -0.39 is 0 Å². The van der Waals surface area contributed by atoms with Gasteiger partial charge in [0.05, 0.1) is 12.0 Å². The highest BCUT2D eigenvalue weighted by molar-refractivity contribution is 5.89. The molecule has 5 heteroatoms. The third-order valence-corrected chi connectivity index (χ3v) is 5.93. The van der Waals surface area contributed by atoms with E-state index in [1.54, 1.807) is 6.20 Å². The maximum absolute atomic E-state index is 13.3. The van der Waals surface area contributed by atoms with Crippen LogP contribution in [-0.2, 0) is 16.0 Å². The lowest BCUT2D eigenvalue weighted by Gasteiger charge is -2.37. The standard InChI is InChI=1S/C23H27N3O2/c27-22-15-20(17-25(22)14-11-18-7-2-1-3-8-18)23(28)26-13-5-4-10-21(26)19-9-6-12-24-16-19/h1-3,6-9,12,16,20-21H,4-5,10-11,13-15,17H2/t20-,21+/m1/s1. The van der Waals surface area contributed by atoms with Gasteiger partial charge in [-0.1, -0.05) is 36.4 Å². The summed E-state index contributed by atoms with van der Waals surface area (Å²) in [6.07, 6.45) is 7.91. The van der Waals surface area contributed by atoms with Gasteiger partial charge in [0.1, 0.15) is 0 Å². The van der Waals surface area contributed by atoms with E-state index in [4.69, 9.17) is 0 Å². The van der Waals surface area contributed by atoms with Gasteiger partial charge in [0.15, 0.2) is 0 Å². The van der Waals surface area contributed by atoms with Crippen LogP contribution >= 0.6 is 0 Å². The van der Waals surface area contributed by atoms with Crippen molar-refractivity contribution in [3.05, 3.63) is 66.0 Å². The fraction of sp³-hybridized carbons (Fsp3) is 0.435. The molecule has 0 N–H and O–H groups in total. The molecule has 1 aromatic heterocycles. The lowest BCUT2D eigenvalue weighted by molar-refractivity contribution is -0.139. The molecule has 0 aliphatic carbocycles. The Kier molecular flexibility index (Phi) is 5.70. The summed E-state index contributed by atoms with van der Waals surface area (Å²) in [6.45, 7) is 1.99. The average Bonchev–Trinajstić information content (AvgIpc) is 3.13. The van der Waals surface area contributed by atoms with Crippen LogP contribution in [-0.4, -0.2) is 46.2 Å². The smallest absolute Gasteiger partial charge is 0.228 e. The van der Waals surface area contributed by atoms with Crippen molar-refractivity contribution in [2.45, 2.75) is 38.1 Å². The lowest BCUT2D eigenvalue weighted by Crippen LogP contribution is -2.42. The van der Waals surface area contributed by atoms with Crippen LogP contribution in [0.2, 0.25) is 0 Å². The van der Waals surface area contributed by atoms with Crippen molar-refractivity contribution >= 4 is 11.8 Å². The fourth-order valence-electron chi connectivity index (χ4n) is 4.41. The third kappa shape index (κ3) is 4.08. The molecule has 2 saturated heterocycles. The molecule has 0 unspecified atom stereocenters. The predicted molar refractivity (Wildman–Crippen MR) is 107 cm³/mol. The minimum absolute atomic E-state index is 0.0865. The van der Waals surface area contributed by atoms with Gasteiger partial charge in [0.2, 0.25) is 11.8 Å². The highest BCUT2D eigenvalue weighted by Crippen LogP contribution is 2.33. The summed E-state index contributed by atoms with van der Waals surface area (Å²) in [7, 11) is 0. The number of hydrogen-bond donors (Lipinski definition) is 0. The first-order valence-electron chi connectivity index (χ1n) is 10.2. The molecule has 0 spiro atoms. The monoisotopic (exact) mass is 377 g/mol. The number of benzene rings is 1. The first-order valence-corrected chi connectivity index (χ1v) is 10.2. The zero-order valence-corrected chi connectivity index (χ0v) is 16.2. The fourth-order valence-corrected chi connectivity index (χ4v) is 4.41. The van der Waals surface area contributed by atoms with Gasteiger partial charge in [0.25, 0.3) is 0 Å². The van der Waals surface area contributed by atoms with E-state index in [1.807, 2.05) is 40.3 Å². The summed E-state index contributed by atoms with van der Waals surface area (Å²) < 4.78 is 0. The van der Waals surface area contributed by atoms with Crippen LogP contribution in [0.15, 0.2) is 54.9 Å². The molecule has 2 aliphatic heterocycles. The Labute approximate surface area is 166 Å². The Bertz CT molecular complexity index is 809. The molecular formula is C23H27N3O2. The normalized spacial score (nSPS) is 22.5. The largest absolute Gasteiger partial charge is 0.342 e. The summed E-state index contributed by atoms with van der Waals surface area (Å²) in [4.78, 5) is 33.9. The van der Waals surface area contributed by atoms with Crippen LogP contribution in [0.4, 0.5) is 0 Å². The number of hydrogen-bond acceptors (Lipinski definition) is 3. The maximum atomic E-state index is 13.3. The number of nitrogens with zero attached hydrogens (tertiary/aromatic N) is 3. The molecule has 146 valence electrons. The van der Waals surface area contributed by atoms with Gasteiger partial charge in [-0.3, -0.25) is 14.6 Å². The van der Waals surface area contributed by atoms with Crippen LogP contribution in [0.5, 0.6) is 0 Å². The zero-order valence-electron chi connectivity index (χ0n) is 16.2. The zero-order chi connectivity index (χ0) is 19.3. The minimum Gasteiger partial charge on any atom is -0.342 e. The molecular weight excluding hydrogens is 350 g/mol. The Morgan fingerprint density at radius 3 is 2.75 bits per heavy atom. The Balaban J connectivity index is 1.40. The molecule has 2 atom stereocenters. The highest BCUT2D eigenvalue weighted by Gasteiger charge is 2.39. The minimum atomic E-state index is -0.222. The number of rotatable bonds is 5. The molecule has 2 fully saturated rings. The Hall–Kier alpha value is -2.69.